The summed E-state index contributed by atoms with van der Waals surface area (Å²) in [5.41, 5.74) is -1.54. The van der Waals surface area contributed by atoms with Crippen molar-refractivity contribution < 1.29 is 17.1 Å². The molecule has 0 aliphatic carbocycles. The van der Waals surface area contributed by atoms with Crippen molar-refractivity contribution in [2.75, 3.05) is 0 Å². The molecule has 0 radical (unpaired) electrons. The first-order valence-corrected chi connectivity index (χ1v) is 5.89. The summed E-state index contributed by atoms with van der Waals surface area (Å²) < 4.78 is 51.2. The standard InChI is InChI=1S/C9H6BrF4N3S/c10-5(4-16-18-14)8(15)6-2-1-3-7(17-6)9(11,12)13/h1-4,15-16H/b5-4+,15-8?. The number of alkyl halides is 3. The van der Waals surface area contributed by atoms with E-state index in [1.807, 2.05) is 0 Å². The lowest BCUT2D eigenvalue weighted by Crippen LogP contribution is -2.12. The molecule has 18 heavy (non-hydrogen) atoms. The molecule has 3 nitrogen and oxygen atoms in total. The third kappa shape index (κ3) is 3.98. The molecule has 0 atom stereocenters. The maximum atomic E-state index is 12.4. The van der Waals surface area contributed by atoms with Gasteiger partial charge < -0.3 is 4.72 Å². The number of hydrogen-bond donors (Lipinski definition) is 2. The van der Waals surface area contributed by atoms with E-state index in [0.29, 0.717) is 0 Å². The SMILES string of the molecule is N=C(/C(Br)=C\NSF)c1cccc(C(F)(F)F)n1. The van der Waals surface area contributed by atoms with Crippen molar-refractivity contribution in [1.29, 1.82) is 5.41 Å². The summed E-state index contributed by atoms with van der Waals surface area (Å²) in [5, 5.41) is 7.60. The van der Waals surface area contributed by atoms with Crippen LogP contribution in [-0.2, 0) is 6.18 Å². The highest BCUT2D eigenvalue weighted by molar-refractivity contribution is 9.12. The molecule has 0 saturated carbocycles. The fourth-order valence-corrected chi connectivity index (χ4v) is 1.63. The van der Waals surface area contributed by atoms with Crippen LogP contribution < -0.4 is 4.72 Å². The predicted molar refractivity (Wildman–Crippen MR) is 64.9 cm³/mol. The first-order valence-electron chi connectivity index (χ1n) is 4.38. The molecule has 1 aromatic heterocycles. The van der Waals surface area contributed by atoms with Crippen LogP contribution in [0.1, 0.15) is 11.4 Å². The van der Waals surface area contributed by atoms with Crippen molar-refractivity contribution in [1.82, 2.24) is 9.71 Å². The van der Waals surface area contributed by atoms with Gasteiger partial charge in [-0.15, -0.1) is 3.89 Å². The minimum atomic E-state index is -4.57. The van der Waals surface area contributed by atoms with Crippen molar-refractivity contribution >= 4 is 34.0 Å². The maximum Gasteiger partial charge on any atom is 0.433 e. The van der Waals surface area contributed by atoms with Crippen LogP contribution in [0.4, 0.5) is 17.1 Å². The zero-order valence-electron chi connectivity index (χ0n) is 8.55. The number of pyridine rings is 1. The molecule has 0 aromatic carbocycles. The Labute approximate surface area is 113 Å². The summed E-state index contributed by atoms with van der Waals surface area (Å²) in [5.74, 6) is 0. The van der Waals surface area contributed by atoms with E-state index in [1.54, 1.807) is 0 Å². The van der Waals surface area contributed by atoms with Gasteiger partial charge in [-0.1, -0.05) is 6.07 Å². The summed E-state index contributed by atoms with van der Waals surface area (Å²) in [7, 11) is 0. The van der Waals surface area contributed by atoms with E-state index < -0.39 is 11.9 Å². The fourth-order valence-electron chi connectivity index (χ4n) is 1.00. The maximum absolute atomic E-state index is 12.4. The van der Waals surface area contributed by atoms with Crippen molar-refractivity contribution in [3.63, 3.8) is 0 Å². The summed E-state index contributed by atoms with van der Waals surface area (Å²) >= 11 is 2.73. The molecule has 1 aromatic rings. The second-order valence-electron chi connectivity index (χ2n) is 2.97. The molecule has 2 N–H and O–H groups in total. The van der Waals surface area contributed by atoms with Crippen LogP contribution >= 0.6 is 28.3 Å². The fraction of sp³-hybridized carbons (Fsp3) is 0.111. The topological polar surface area (TPSA) is 48.8 Å². The molecule has 0 saturated heterocycles. The molecule has 0 unspecified atom stereocenters. The van der Waals surface area contributed by atoms with Crippen molar-refractivity contribution in [2.24, 2.45) is 0 Å². The number of hydrogen-bond acceptors (Lipinski definition) is 4. The number of aromatic nitrogens is 1. The van der Waals surface area contributed by atoms with Crippen LogP contribution in [0.2, 0.25) is 0 Å². The number of halogens is 5. The van der Waals surface area contributed by atoms with Gasteiger partial charge in [0.1, 0.15) is 5.69 Å². The molecule has 9 heteroatoms. The molecule has 0 spiro atoms. The molecule has 0 aliphatic rings. The lowest BCUT2D eigenvalue weighted by atomic mass is 10.2. The minimum Gasteiger partial charge on any atom is -0.308 e. The van der Waals surface area contributed by atoms with E-state index in [4.69, 9.17) is 5.41 Å². The Morgan fingerprint density at radius 1 is 1.44 bits per heavy atom. The highest BCUT2D eigenvalue weighted by Crippen LogP contribution is 2.27. The summed E-state index contributed by atoms with van der Waals surface area (Å²) in [6, 6.07) is 3.22. The average Bonchev–Trinajstić information content (AvgIpc) is 2.34. The Bertz CT molecular complexity index is 475. The van der Waals surface area contributed by atoms with Crippen LogP contribution in [0, 0.1) is 5.41 Å². The third-order valence-electron chi connectivity index (χ3n) is 1.76. The van der Waals surface area contributed by atoms with Gasteiger partial charge in [0.05, 0.1) is 15.9 Å². The minimum absolute atomic E-state index is 0.0828. The van der Waals surface area contributed by atoms with Crippen LogP contribution in [-0.4, -0.2) is 10.7 Å². The van der Waals surface area contributed by atoms with Crippen LogP contribution in [0.15, 0.2) is 28.9 Å². The van der Waals surface area contributed by atoms with E-state index in [0.717, 1.165) is 18.3 Å². The smallest absolute Gasteiger partial charge is 0.308 e. The average molecular weight is 344 g/mol. The van der Waals surface area contributed by atoms with Gasteiger partial charge in [-0.05, 0) is 28.1 Å². The monoisotopic (exact) mass is 343 g/mol. The molecule has 0 aliphatic heterocycles. The third-order valence-corrected chi connectivity index (χ3v) is 2.60. The summed E-state index contributed by atoms with van der Waals surface area (Å²) in [6.45, 7) is 0. The van der Waals surface area contributed by atoms with Crippen LogP contribution in [0.5, 0.6) is 0 Å². The van der Waals surface area contributed by atoms with Crippen molar-refractivity contribution in [2.45, 2.75) is 6.18 Å². The van der Waals surface area contributed by atoms with Gasteiger partial charge in [-0.2, -0.15) is 13.2 Å². The van der Waals surface area contributed by atoms with Gasteiger partial charge in [0.25, 0.3) is 0 Å². The molecule has 0 fully saturated rings. The van der Waals surface area contributed by atoms with E-state index in [2.05, 4.69) is 25.6 Å². The van der Waals surface area contributed by atoms with Gasteiger partial charge in [0.2, 0.25) is 0 Å². The summed E-state index contributed by atoms with van der Waals surface area (Å²) in [4.78, 5) is 3.32. The second-order valence-corrected chi connectivity index (χ2v) is 4.21. The van der Waals surface area contributed by atoms with Gasteiger partial charge in [0.15, 0.2) is 12.3 Å². The van der Waals surface area contributed by atoms with E-state index in [9.17, 15) is 17.1 Å². The molecular weight excluding hydrogens is 338 g/mol. The molecule has 98 valence electrons. The largest absolute Gasteiger partial charge is 0.433 e. The molecule has 1 rings (SSSR count). The first kappa shape index (κ1) is 15.0. The number of nitrogens with one attached hydrogen (secondary N) is 2. The molecule has 0 amide bonds. The van der Waals surface area contributed by atoms with Crippen LogP contribution in [0.25, 0.3) is 0 Å². The van der Waals surface area contributed by atoms with Gasteiger partial charge in [0, 0.05) is 6.20 Å². The number of nitrogens with zero attached hydrogens (tertiary/aromatic N) is 1. The quantitative estimate of drug-likeness (QED) is 0.496. The zero-order valence-corrected chi connectivity index (χ0v) is 11.0. The summed E-state index contributed by atoms with van der Waals surface area (Å²) in [6.07, 6.45) is -3.48. The normalized spacial score (nSPS) is 12.4. The lowest BCUT2D eigenvalue weighted by molar-refractivity contribution is -0.141. The zero-order chi connectivity index (χ0) is 13.8. The van der Waals surface area contributed by atoms with E-state index in [-0.39, 0.29) is 28.2 Å². The Morgan fingerprint density at radius 2 is 2.11 bits per heavy atom. The van der Waals surface area contributed by atoms with E-state index >= 15 is 0 Å². The highest BCUT2D eigenvalue weighted by atomic mass is 79.9. The van der Waals surface area contributed by atoms with Gasteiger partial charge in [-0.3, -0.25) is 5.41 Å². The van der Waals surface area contributed by atoms with Crippen molar-refractivity contribution in [3.8, 4) is 0 Å². The second kappa shape index (κ2) is 6.19. The molecule has 1 heterocycles. The lowest BCUT2D eigenvalue weighted by Gasteiger charge is -2.08. The molecular formula is C9H6BrF4N3S. The van der Waals surface area contributed by atoms with Gasteiger partial charge >= 0.3 is 6.18 Å². The number of allylic oxidation sites excluding steroid dienone is 1. The Kier molecular flexibility index (Phi) is 5.15. The number of rotatable bonds is 4. The van der Waals surface area contributed by atoms with Crippen LogP contribution in [0.3, 0.4) is 0 Å². The van der Waals surface area contributed by atoms with Crippen molar-refractivity contribution in [3.05, 3.63) is 40.3 Å². The first-order chi connectivity index (χ1) is 8.36. The van der Waals surface area contributed by atoms with Gasteiger partial charge in [-0.25, -0.2) is 4.98 Å². The predicted octanol–water partition coefficient (Wildman–Crippen LogP) is 3.83. The Morgan fingerprint density at radius 3 is 2.67 bits per heavy atom. The Hall–Kier alpha value is -1.09. The highest BCUT2D eigenvalue weighted by Gasteiger charge is 2.32. The molecule has 0 bridgehead atoms. The van der Waals surface area contributed by atoms with E-state index in [1.165, 1.54) is 6.07 Å². The Balaban J connectivity index is 3.01.